The molecule has 0 heterocycles. The summed E-state index contributed by atoms with van der Waals surface area (Å²) in [4.78, 5) is 11.7. The van der Waals surface area contributed by atoms with Crippen molar-refractivity contribution in [3.05, 3.63) is 56.5 Å². The first-order valence-corrected chi connectivity index (χ1v) is 8.62. The summed E-state index contributed by atoms with van der Waals surface area (Å²) in [5.41, 5.74) is 4.36. The van der Waals surface area contributed by atoms with Crippen molar-refractivity contribution in [1.29, 1.82) is 0 Å². The molecular formula is C17H16Br2N2O3. The Balaban J connectivity index is 1.87. The van der Waals surface area contributed by atoms with Crippen LogP contribution in [0.4, 0.5) is 0 Å². The van der Waals surface area contributed by atoms with Crippen molar-refractivity contribution in [3.63, 3.8) is 0 Å². The van der Waals surface area contributed by atoms with Crippen LogP contribution >= 0.6 is 31.9 Å². The lowest BCUT2D eigenvalue weighted by atomic mass is 10.2. The van der Waals surface area contributed by atoms with Crippen molar-refractivity contribution in [2.45, 2.75) is 6.92 Å². The Morgan fingerprint density at radius 2 is 1.83 bits per heavy atom. The molecule has 0 aromatic heterocycles. The van der Waals surface area contributed by atoms with Crippen molar-refractivity contribution in [2.75, 3.05) is 13.7 Å². The maximum absolute atomic E-state index is 11.7. The van der Waals surface area contributed by atoms with Gasteiger partial charge in [0.2, 0.25) is 0 Å². The Bertz CT molecular complexity index is 723. The lowest BCUT2D eigenvalue weighted by molar-refractivity contribution is -0.123. The average Bonchev–Trinajstić information content (AvgIpc) is 2.54. The molecule has 0 fully saturated rings. The molecule has 0 unspecified atom stereocenters. The largest absolute Gasteiger partial charge is 0.494 e. The van der Waals surface area contributed by atoms with Crippen molar-refractivity contribution in [3.8, 4) is 11.5 Å². The second-order valence-electron chi connectivity index (χ2n) is 4.91. The van der Waals surface area contributed by atoms with Gasteiger partial charge in [-0.05, 0) is 68.6 Å². The van der Waals surface area contributed by atoms with Crippen LogP contribution in [0.1, 0.15) is 11.1 Å². The first-order chi connectivity index (χ1) is 11.5. The highest BCUT2D eigenvalue weighted by Gasteiger charge is 2.07. The van der Waals surface area contributed by atoms with Gasteiger partial charge in [-0.25, -0.2) is 5.43 Å². The number of halogens is 2. The van der Waals surface area contributed by atoms with Crippen LogP contribution in [0.5, 0.6) is 11.5 Å². The summed E-state index contributed by atoms with van der Waals surface area (Å²) in [6.07, 6.45) is 1.54. The highest BCUT2D eigenvalue weighted by Crippen LogP contribution is 2.33. The Hall–Kier alpha value is -1.86. The summed E-state index contributed by atoms with van der Waals surface area (Å²) in [5, 5.41) is 3.92. The van der Waals surface area contributed by atoms with Gasteiger partial charge in [-0.3, -0.25) is 4.79 Å². The van der Waals surface area contributed by atoms with Crippen molar-refractivity contribution < 1.29 is 14.3 Å². The first-order valence-electron chi connectivity index (χ1n) is 7.04. The van der Waals surface area contributed by atoms with E-state index in [9.17, 15) is 4.79 Å². The molecule has 1 N–H and O–H groups in total. The quantitative estimate of drug-likeness (QED) is 0.527. The number of nitrogens with one attached hydrogen (secondary N) is 1. The summed E-state index contributed by atoms with van der Waals surface area (Å²) in [7, 11) is 1.59. The lowest BCUT2D eigenvalue weighted by Crippen LogP contribution is -2.24. The second-order valence-corrected chi connectivity index (χ2v) is 6.62. The van der Waals surface area contributed by atoms with E-state index in [1.54, 1.807) is 13.3 Å². The van der Waals surface area contributed by atoms with Crippen molar-refractivity contribution in [2.24, 2.45) is 5.10 Å². The third kappa shape index (κ3) is 5.35. The first kappa shape index (κ1) is 18.5. The SMILES string of the molecule is COc1c(Br)cc(/C=N\NC(=O)COc2ccc(C)cc2)cc1Br. The average molecular weight is 456 g/mol. The number of hydrogen-bond acceptors (Lipinski definition) is 4. The van der Waals surface area contributed by atoms with Gasteiger partial charge in [-0.1, -0.05) is 17.7 Å². The van der Waals surface area contributed by atoms with Crippen LogP contribution in [0.3, 0.4) is 0 Å². The van der Waals surface area contributed by atoms with Crippen molar-refractivity contribution in [1.82, 2.24) is 5.43 Å². The predicted octanol–water partition coefficient (Wildman–Crippen LogP) is 4.06. The second kappa shape index (κ2) is 8.84. The molecule has 2 rings (SSSR count). The monoisotopic (exact) mass is 454 g/mol. The van der Waals surface area contributed by atoms with E-state index in [1.807, 2.05) is 43.3 Å². The Kier molecular flexibility index (Phi) is 6.81. The molecule has 1 amide bonds. The molecule has 0 atom stereocenters. The van der Waals surface area contributed by atoms with Crippen LogP contribution in [0.15, 0.2) is 50.4 Å². The maximum atomic E-state index is 11.7. The summed E-state index contributed by atoms with van der Waals surface area (Å²) in [6, 6.07) is 11.1. The Morgan fingerprint density at radius 3 is 2.42 bits per heavy atom. The minimum absolute atomic E-state index is 0.101. The zero-order valence-corrected chi connectivity index (χ0v) is 16.3. The van der Waals surface area contributed by atoms with Crippen LogP contribution in [-0.2, 0) is 4.79 Å². The number of aryl methyl sites for hydroxylation is 1. The molecular weight excluding hydrogens is 440 g/mol. The highest BCUT2D eigenvalue weighted by atomic mass is 79.9. The number of ether oxygens (including phenoxy) is 2. The molecule has 126 valence electrons. The summed E-state index contributed by atoms with van der Waals surface area (Å²) >= 11 is 6.82. The van der Waals surface area contributed by atoms with Gasteiger partial charge in [0.25, 0.3) is 5.91 Å². The third-order valence-electron chi connectivity index (χ3n) is 3.02. The number of rotatable bonds is 6. The molecule has 24 heavy (non-hydrogen) atoms. The van der Waals surface area contributed by atoms with Gasteiger partial charge in [0.1, 0.15) is 11.5 Å². The molecule has 2 aromatic rings. The number of nitrogens with zero attached hydrogens (tertiary/aromatic N) is 1. The van der Waals surface area contributed by atoms with E-state index in [2.05, 4.69) is 42.4 Å². The molecule has 0 spiro atoms. The number of carbonyl (C=O) groups excluding carboxylic acids is 1. The van der Waals surface area contributed by atoms with E-state index in [0.29, 0.717) is 11.5 Å². The number of methoxy groups -OCH3 is 1. The van der Waals surface area contributed by atoms with E-state index in [0.717, 1.165) is 20.1 Å². The topological polar surface area (TPSA) is 59.9 Å². The van der Waals surface area contributed by atoms with Gasteiger partial charge < -0.3 is 9.47 Å². The number of benzene rings is 2. The molecule has 2 aromatic carbocycles. The zero-order chi connectivity index (χ0) is 17.5. The fraction of sp³-hybridized carbons (Fsp3) is 0.176. The van der Waals surface area contributed by atoms with Crippen LogP contribution < -0.4 is 14.9 Å². The van der Waals surface area contributed by atoms with Gasteiger partial charge in [0, 0.05) is 0 Å². The Morgan fingerprint density at radius 1 is 1.21 bits per heavy atom. The lowest BCUT2D eigenvalue weighted by Gasteiger charge is -2.07. The molecule has 0 aliphatic rings. The Labute approximate surface area is 157 Å². The molecule has 0 radical (unpaired) electrons. The van der Waals surface area contributed by atoms with E-state index >= 15 is 0 Å². The fourth-order valence-electron chi connectivity index (χ4n) is 1.84. The number of amides is 1. The zero-order valence-electron chi connectivity index (χ0n) is 13.2. The maximum Gasteiger partial charge on any atom is 0.277 e. The normalized spacial score (nSPS) is 10.7. The smallest absolute Gasteiger partial charge is 0.277 e. The fourth-order valence-corrected chi connectivity index (χ4v) is 3.39. The van der Waals surface area contributed by atoms with Crippen molar-refractivity contribution >= 4 is 44.0 Å². The minimum atomic E-state index is -0.335. The van der Waals surface area contributed by atoms with Gasteiger partial charge in [0.15, 0.2) is 6.61 Å². The number of hydrogen-bond donors (Lipinski definition) is 1. The third-order valence-corrected chi connectivity index (χ3v) is 4.20. The number of hydrazone groups is 1. The van der Waals surface area contributed by atoms with Gasteiger partial charge in [-0.15, -0.1) is 0 Å². The summed E-state index contributed by atoms with van der Waals surface area (Å²) < 4.78 is 12.2. The number of carbonyl (C=O) groups is 1. The molecule has 0 saturated carbocycles. The molecule has 0 aliphatic carbocycles. The summed E-state index contributed by atoms with van der Waals surface area (Å²) in [6.45, 7) is 1.89. The van der Waals surface area contributed by atoms with Crippen LogP contribution in [0, 0.1) is 6.92 Å². The summed E-state index contributed by atoms with van der Waals surface area (Å²) in [5.74, 6) is 1.00. The van der Waals surface area contributed by atoms with Gasteiger partial charge >= 0.3 is 0 Å². The standard InChI is InChI=1S/C17H16Br2N2O3/c1-11-3-5-13(6-4-11)24-10-16(22)21-20-9-12-7-14(18)17(23-2)15(19)8-12/h3-9H,10H2,1-2H3,(H,21,22)/b20-9-. The molecule has 0 saturated heterocycles. The van der Waals surface area contributed by atoms with E-state index in [4.69, 9.17) is 9.47 Å². The predicted molar refractivity (Wildman–Crippen MR) is 101 cm³/mol. The molecule has 0 aliphatic heterocycles. The van der Waals surface area contributed by atoms with Crippen LogP contribution in [-0.4, -0.2) is 25.8 Å². The molecule has 0 bridgehead atoms. The van der Waals surface area contributed by atoms with Gasteiger partial charge in [-0.2, -0.15) is 5.10 Å². The molecule has 5 nitrogen and oxygen atoms in total. The van der Waals surface area contributed by atoms with Crippen LogP contribution in [0.25, 0.3) is 0 Å². The van der Waals surface area contributed by atoms with E-state index in [1.165, 1.54) is 0 Å². The minimum Gasteiger partial charge on any atom is -0.494 e. The van der Waals surface area contributed by atoms with Gasteiger partial charge in [0.05, 0.1) is 22.3 Å². The van der Waals surface area contributed by atoms with Crippen LogP contribution in [0.2, 0.25) is 0 Å². The molecule has 7 heteroatoms. The van der Waals surface area contributed by atoms with E-state index in [-0.39, 0.29) is 12.5 Å². The highest BCUT2D eigenvalue weighted by molar-refractivity contribution is 9.11. The van der Waals surface area contributed by atoms with E-state index < -0.39 is 0 Å².